The predicted molar refractivity (Wildman–Crippen MR) is 55.0 cm³/mol. The van der Waals surface area contributed by atoms with Crippen LogP contribution in [-0.4, -0.2) is 0 Å². The molecule has 0 heterocycles. The highest BCUT2D eigenvalue weighted by Gasteiger charge is 1.95. The summed E-state index contributed by atoms with van der Waals surface area (Å²) in [5.41, 5.74) is 1.96. The third-order valence-corrected chi connectivity index (χ3v) is 1.77. The summed E-state index contributed by atoms with van der Waals surface area (Å²) in [6, 6.07) is 9.77. The minimum atomic E-state index is -0.169. The largest absolute Gasteiger partial charge is 0.212 e. The molecule has 0 aliphatic heterocycles. The SMILES string of the molecule is C/C=C(\C=C(/C)F)c1ccccc1. The van der Waals surface area contributed by atoms with Gasteiger partial charge in [0, 0.05) is 0 Å². The molecule has 0 N–H and O–H groups in total. The molecule has 1 aromatic carbocycles. The Balaban J connectivity index is 3.00. The summed E-state index contributed by atoms with van der Waals surface area (Å²) in [5.74, 6) is -0.169. The van der Waals surface area contributed by atoms with Crippen LogP contribution in [0.5, 0.6) is 0 Å². The zero-order valence-corrected chi connectivity index (χ0v) is 7.92. The molecule has 0 radical (unpaired) electrons. The fourth-order valence-corrected chi connectivity index (χ4v) is 1.18. The van der Waals surface area contributed by atoms with Gasteiger partial charge in [0.1, 0.15) is 0 Å². The quantitative estimate of drug-likeness (QED) is 0.598. The van der Waals surface area contributed by atoms with Crippen molar-refractivity contribution >= 4 is 5.57 Å². The van der Waals surface area contributed by atoms with Crippen LogP contribution in [0.3, 0.4) is 0 Å². The van der Waals surface area contributed by atoms with Gasteiger partial charge in [-0.05, 0) is 31.1 Å². The molecule has 0 atom stereocenters. The van der Waals surface area contributed by atoms with Gasteiger partial charge >= 0.3 is 0 Å². The highest BCUT2D eigenvalue weighted by molar-refractivity contribution is 5.73. The van der Waals surface area contributed by atoms with E-state index in [1.165, 1.54) is 13.0 Å². The highest BCUT2D eigenvalue weighted by atomic mass is 19.1. The molecular formula is C12H13F. The Hall–Kier alpha value is -1.37. The second-order valence-corrected chi connectivity index (χ2v) is 2.84. The van der Waals surface area contributed by atoms with E-state index in [2.05, 4.69) is 0 Å². The van der Waals surface area contributed by atoms with E-state index in [0.29, 0.717) is 0 Å². The van der Waals surface area contributed by atoms with E-state index < -0.39 is 0 Å². The van der Waals surface area contributed by atoms with E-state index >= 15 is 0 Å². The summed E-state index contributed by atoms with van der Waals surface area (Å²) in [6.07, 6.45) is 3.44. The maximum absolute atomic E-state index is 12.6. The average Bonchev–Trinajstić information content (AvgIpc) is 2.15. The van der Waals surface area contributed by atoms with Crippen molar-refractivity contribution in [2.75, 3.05) is 0 Å². The molecule has 0 bridgehead atoms. The monoisotopic (exact) mass is 176 g/mol. The van der Waals surface area contributed by atoms with E-state index in [0.717, 1.165) is 11.1 Å². The van der Waals surface area contributed by atoms with Crippen molar-refractivity contribution in [2.45, 2.75) is 13.8 Å². The zero-order valence-electron chi connectivity index (χ0n) is 7.92. The van der Waals surface area contributed by atoms with Crippen molar-refractivity contribution < 1.29 is 4.39 Å². The van der Waals surface area contributed by atoms with Gasteiger partial charge in [0.05, 0.1) is 5.83 Å². The maximum Gasteiger partial charge on any atom is 0.0974 e. The lowest BCUT2D eigenvalue weighted by molar-refractivity contribution is 0.641. The molecule has 68 valence electrons. The van der Waals surface area contributed by atoms with Gasteiger partial charge in [-0.2, -0.15) is 0 Å². The summed E-state index contributed by atoms with van der Waals surface area (Å²) in [4.78, 5) is 0. The number of hydrogen-bond acceptors (Lipinski definition) is 0. The van der Waals surface area contributed by atoms with Crippen LogP contribution in [0.2, 0.25) is 0 Å². The van der Waals surface area contributed by atoms with Gasteiger partial charge in [-0.25, -0.2) is 4.39 Å². The van der Waals surface area contributed by atoms with Crippen LogP contribution in [-0.2, 0) is 0 Å². The summed E-state index contributed by atoms with van der Waals surface area (Å²) in [7, 11) is 0. The molecule has 0 aliphatic carbocycles. The first-order valence-corrected chi connectivity index (χ1v) is 4.29. The van der Waals surface area contributed by atoms with E-state index in [4.69, 9.17) is 0 Å². The minimum Gasteiger partial charge on any atom is -0.212 e. The molecule has 0 amide bonds. The van der Waals surface area contributed by atoms with E-state index in [-0.39, 0.29) is 5.83 Å². The molecule has 0 saturated carbocycles. The van der Waals surface area contributed by atoms with Crippen LogP contribution < -0.4 is 0 Å². The van der Waals surface area contributed by atoms with Crippen LogP contribution in [0.1, 0.15) is 19.4 Å². The molecule has 0 aliphatic rings. The Labute approximate surface area is 78.4 Å². The second kappa shape index (κ2) is 4.61. The Kier molecular flexibility index (Phi) is 3.44. The minimum absolute atomic E-state index is 0.169. The molecule has 1 rings (SSSR count). The normalized spacial score (nSPS) is 13.2. The van der Waals surface area contributed by atoms with Gasteiger partial charge in [0.2, 0.25) is 0 Å². The third-order valence-electron chi connectivity index (χ3n) is 1.77. The molecule has 0 saturated heterocycles. The molecule has 1 heteroatoms. The van der Waals surface area contributed by atoms with Crippen molar-refractivity contribution in [1.29, 1.82) is 0 Å². The van der Waals surface area contributed by atoms with Crippen molar-refractivity contribution in [3.8, 4) is 0 Å². The van der Waals surface area contributed by atoms with Crippen molar-refractivity contribution in [2.24, 2.45) is 0 Å². The molecule has 13 heavy (non-hydrogen) atoms. The van der Waals surface area contributed by atoms with Crippen LogP contribution in [0.4, 0.5) is 4.39 Å². The number of rotatable bonds is 2. The van der Waals surface area contributed by atoms with Gasteiger partial charge in [-0.1, -0.05) is 36.4 Å². The summed E-state index contributed by atoms with van der Waals surface area (Å²) in [5, 5.41) is 0. The van der Waals surface area contributed by atoms with Crippen LogP contribution >= 0.6 is 0 Å². The van der Waals surface area contributed by atoms with Gasteiger partial charge in [-0.15, -0.1) is 0 Å². The van der Waals surface area contributed by atoms with Crippen molar-refractivity contribution in [1.82, 2.24) is 0 Å². The van der Waals surface area contributed by atoms with E-state index in [9.17, 15) is 4.39 Å². The average molecular weight is 176 g/mol. The van der Waals surface area contributed by atoms with Gasteiger partial charge in [0.25, 0.3) is 0 Å². The molecule has 0 spiro atoms. The zero-order chi connectivity index (χ0) is 9.68. The molecule has 0 aromatic heterocycles. The van der Waals surface area contributed by atoms with Gasteiger partial charge in [0.15, 0.2) is 0 Å². The first-order valence-electron chi connectivity index (χ1n) is 4.29. The first kappa shape index (κ1) is 9.72. The lowest BCUT2D eigenvalue weighted by Crippen LogP contribution is -1.79. The summed E-state index contributed by atoms with van der Waals surface area (Å²) in [6.45, 7) is 3.36. The Morgan fingerprint density at radius 1 is 1.23 bits per heavy atom. The highest BCUT2D eigenvalue weighted by Crippen LogP contribution is 2.17. The third kappa shape index (κ3) is 2.86. The smallest absolute Gasteiger partial charge is 0.0974 e. The molecule has 0 unspecified atom stereocenters. The predicted octanol–water partition coefficient (Wildman–Crippen LogP) is 3.96. The number of benzene rings is 1. The first-order chi connectivity index (χ1) is 6.24. The topological polar surface area (TPSA) is 0 Å². The molecule has 1 aromatic rings. The van der Waals surface area contributed by atoms with Crippen LogP contribution in [0.25, 0.3) is 5.57 Å². The fourth-order valence-electron chi connectivity index (χ4n) is 1.18. The summed E-state index contributed by atoms with van der Waals surface area (Å²) >= 11 is 0. The van der Waals surface area contributed by atoms with E-state index in [1.807, 2.05) is 43.3 Å². The van der Waals surface area contributed by atoms with Crippen LogP contribution in [0.15, 0.2) is 48.3 Å². The second-order valence-electron chi connectivity index (χ2n) is 2.84. The fraction of sp³-hybridized carbons (Fsp3) is 0.167. The number of halogens is 1. The molecule has 0 nitrogen and oxygen atoms in total. The van der Waals surface area contributed by atoms with Crippen LogP contribution in [0, 0.1) is 0 Å². The summed E-state index contributed by atoms with van der Waals surface area (Å²) < 4.78 is 12.6. The Morgan fingerprint density at radius 2 is 1.85 bits per heavy atom. The Bertz CT molecular complexity index is 316. The molecular weight excluding hydrogens is 163 g/mol. The number of allylic oxidation sites excluding steroid dienone is 4. The standard InChI is InChI=1S/C12H13F/c1-3-11(9-10(2)13)12-7-5-4-6-8-12/h3-9H,1-2H3/b10-9+,11-3+. The molecule has 0 fully saturated rings. The van der Waals surface area contributed by atoms with Crippen molar-refractivity contribution in [3.05, 3.63) is 53.9 Å². The van der Waals surface area contributed by atoms with E-state index in [1.54, 1.807) is 0 Å². The van der Waals surface area contributed by atoms with Gasteiger partial charge in [-0.3, -0.25) is 0 Å². The van der Waals surface area contributed by atoms with Crippen molar-refractivity contribution in [3.63, 3.8) is 0 Å². The lowest BCUT2D eigenvalue weighted by Gasteiger charge is -2.00. The van der Waals surface area contributed by atoms with Gasteiger partial charge < -0.3 is 0 Å². The lowest BCUT2D eigenvalue weighted by atomic mass is 10.1. The number of hydrogen-bond donors (Lipinski definition) is 0. The Morgan fingerprint density at radius 3 is 2.31 bits per heavy atom. The maximum atomic E-state index is 12.6.